The highest BCUT2D eigenvalue weighted by atomic mass is 35.5. The molecule has 0 bridgehead atoms. The molecule has 2 fully saturated rings. The van der Waals surface area contributed by atoms with Crippen molar-refractivity contribution in [3.05, 3.63) is 94.4 Å². The molecule has 9 nitrogen and oxygen atoms in total. The summed E-state index contributed by atoms with van der Waals surface area (Å²) in [5.41, 5.74) is 2.51. The van der Waals surface area contributed by atoms with Crippen LogP contribution in [0.5, 0.6) is 0 Å². The number of sulfonamides is 1. The van der Waals surface area contributed by atoms with Crippen molar-refractivity contribution in [1.82, 2.24) is 28.9 Å². The highest BCUT2D eigenvalue weighted by molar-refractivity contribution is 7.89. The Bertz CT molecular complexity index is 1850. The molecule has 2 saturated carbocycles. The highest BCUT2D eigenvalue weighted by Gasteiger charge is 2.54. The molecular weight excluding hydrogens is 579 g/mol. The Kier molecular flexibility index (Phi) is 6.45. The first-order valence-electron chi connectivity index (χ1n) is 13.9. The van der Waals surface area contributed by atoms with E-state index in [1.807, 2.05) is 6.08 Å². The standard InChI is InChI=1S/C30H28ClFN6O3S/c1-36-13-11-28(35-36)42(40,41)38(24-8-9-24)25-5-2-20-14-27-19(18-34-37(27)23-6-3-22(32)4-7-23)16-30(20,17-25)29(39)26-15-21(31)10-12-33-26/h3-4,6-7,10-15,18,24-25H,2,5,8-9,16-17H2,1H3/t25-,30-/m0/s1. The van der Waals surface area contributed by atoms with Crippen LogP contribution in [0.2, 0.25) is 5.02 Å². The number of fused-ring (bicyclic) bond motifs is 2. The maximum Gasteiger partial charge on any atom is 0.262 e. The first-order chi connectivity index (χ1) is 20.2. The quantitative estimate of drug-likeness (QED) is 0.274. The van der Waals surface area contributed by atoms with E-state index in [4.69, 9.17) is 11.6 Å². The van der Waals surface area contributed by atoms with Gasteiger partial charge in [-0.2, -0.15) is 14.5 Å². The Morgan fingerprint density at radius 1 is 1.12 bits per heavy atom. The van der Waals surface area contributed by atoms with Crippen molar-refractivity contribution in [2.75, 3.05) is 0 Å². The predicted molar refractivity (Wildman–Crippen MR) is 154 cm³/mol. The number of halogens is 2. The van der Waals surface area contributed by atoms with Crippen molar-refractivity contribution in [2.45, 2.75) is 55.6 Å². The number of carbonyl (C=O) groups excluding carboxylic acids is 1. The smallest absolute Gasteiger partial charge is 0.262 e. The van der Waals surface area contributed by atoms with Crippen LogP contribution in [0, 0.1) is 11.2 Å². The minimum Gasteiger partial charge on any atom is -0.291 e. The van der Waals surface area contributed by atoms with Crippen LogP contribution >= 0.6 is 11.6 Å². The van der Waals surface area contributed by atoms with Crippen LogP contribution < -0.4 is 0 Å². The number of nitrogens with zero attached hydrogens (tertiary/aromatic N) is 6. The predicted octanol–water partition coefficient (Wildman–Crippen LogP) is 5.01. The molecule has 3 aromatic heterocycles. The number of hydrogen-bond donors (Lipinski definition) is 0. The monoisotopic (exact) mass is 606 g/mol. The number of aromatic nitrogens is 5. The Labute approximate surface area is 247 Å². The number of ketones is 1. The topological polar surface area (TPSA) is 103 Å². The number of hydrogen-bond acceptors (Lipinski definition) is 6. The molecule has 12 heteroatoms. The van der Waals surface area contributed by atoms with E-state index in [-0.39, 0.29) is 28.4 Å². The van der Waals surface area contributed by atoms with Gasteiger partial charge in [-0.1, -0.05) is 17.2 Å². The van der Waals surface area contributed by atoms with Crippen molar-refractivity contribution >= 4 is 33.5 Å². The van der Waals surface area contributed by atoms with Gasteiger partial charge in [0.1, 0.15) is 11.5 Å². The van der Waals surface area contributed by atoms with Crippen molar-refractivity contribution in [2.24, 2.45) is 12.5 Å². The summed E-state index contributed by atoms with van der Waals surface area (Å²) in [7, 11) is -2.20. The average molecular weight is 607 g/mol. The molecule has 3 aliphatic carbocycles. The van der Waals surface area contributed by atoms with E-state index in [0.29, 0.717) is 36.4 Å². The molecule has 0 unspecified atom stereocenters. The SMILES string of the molecule is Cn1ccc(S(=O)(=O)N(C2CC2)[C@H]2CCC3=Cc4c(cnn4-c4ccc(F)cc4)C[C@]3(C(=O)c3cc(Cl)ccn3)C2)n1. The Hall–Kier alpha value is -3.67. The van der Waals surface area contributed by atoms with Gasteiger partial charge in [0, 0.05) is 36.5 Å². The summed E-state index contributed by atoms with van der Waals surface area (Å²) in [5.74, 6) is -0.525. The third kappa shape index (κ3) is 4.50. The lowest BCUT2D eigenvalue weighted by atomic mass is 9.60. The second kappa shape index (κ2) is 9.96. The van der Waals surface area contributed by atoms with Crippen molar-refractivity contribution in [3.63, 3.8) is 0 Å². The lowest BCUT2D eigenvalue weighted by Gasteiger charge is -2.46. The maximum atomic E-state index is 14.5. The molecule has 3 heterocycles. The number of carbonyl (C=O) groups is 1. The van der Waals surface area contributed by atoms with Crippen molar-refractivity contribution in [3.8, 4) is 5.69 Å². The molecule has 0 saturated heterocycles. The number of pyridine rings is 1. The molecule has 2 atom stereocenters. The minimum atomic E-state index is -3.89. The summed E-state index contributed by atoms with van der Waals surface area (Å²) in [5, 5.41) is 9.23. The van der Waals surface area contributed by atoms with Gasteiger partial charge >= 0.3 is 0 Å². The summed E-state index contributed by atoms with van der Waals surface area (Å²) in [6.45, 7) is 0. The van der Waals surface area contributed by atoms with Gasteiger partial charge in [0.2, 0.25) is 0 Å². The molecule has 4 aromatic rings. The Balaban J connectivity index is 1.32. The highest BCUT2D eigenvalue weighted by Crippen LogP contribution is 2.52. The van der Waals surface area contributed by atoms with Gasteiger partial charge in [0.25, 0.3) is 10.0 Å². The van der Waals surface area contributed by atoms with Crippen molar-refractivity contribution in [1.29, 1.82) is 0 Å². The summed E-state index contributed by atoms with van der Waals surface area (Å²) in [6, 6.07) is 10.3. The van der Waals surface area contributed by atoms with Gasteiger partial charge in [-0.05, 0) is 92.6 Å². The molecule has 7 rings (SSSR count). The van der Waals surface area contributed by atoms with E-state index in [1.54, 1.807) is 52.7 Å². The summed E-state index contributed by atoms with van der Waals surface area (Å²) in [4.78, 5) is 18.9. The summed E-state index contributed by atoms with van der Waals surface area (Å²) < 4.78 is 46.4. The van der Waals surface area contributed by atoms with E-state index < -0.39 is 21.5 Å². The van der Waals surface area contributed by atoms with E-state index in [0.717, 1.165) is 29.7 Å². The van der Waals surface area contributed by atoms with Crippen LogP contribution in [0.4, 0.5) is 4.39 Å². The number of Topliss-reactive ketones (excluding diaryl/α,β-unsaturated/α-hetero) is 1. The first-order valence-corrected chi connectivity index (χ1v) is 15.7. The van der Waals surface area contributed by atoms with Crippen LogP contribution in [0.3, 0.4) is 0 Å². The Morgan fingerprint density at radius 2 is 1.90 bits per heavy atom. The third-order valence-electron chi connectivity index (χ3n) is 8.59. The van der Waals surface area contributed by atoms with E-state index in [1.165, 1.54) is 29.1 Å². The molecule has 0 N–H and O–H groups in total. The zero-order chi connectivity index (χ0) is 29.2. The molecule has 0 amide bonds. The lowest BCUT2D eigenvalue weighted by Crippen LogP contribution is -2.51. The first kappa shape index (κ1) is 27.2. The van der Waals surface area contributed by atoms with Gasteiger partial charge in [0.05, 0.1) is 23.0 Å². The molecular formula is C30H28ClFN6O3S. The van der Waals surface area contributed by atoms with Gasteiger partial charge < -0.3 is 0 Å². The van der Waals surface area contributed by atoms with E-state index in [9.17, 15) is 17.6 Å². The van der Waals surface area contributed by atoms with Crippen LogP contribution in [-0.2, 0) is 23.5 Å². The van der Waals surface area contributed by atoms with Gasteiger partial charge in [-0.25, -0.2) is 17.5 Å². The van der Waals surface area contributed by atoms with Gasteiger partial charge in [-0.3, -0.25) is 14.5 Å². The largest absolute Gasteiger partial charge is 0.291 e. The van der Waals surface area contributed by atoms with Crippen LogP contribution in [0.25, 0.3) is 11.8 Å². The minimum absolute atomic E-state index is 0.0154. The lowest BCUT2D eigenvalue weighted by molar-refractivity contribution is 0.0733. The summed E-state index contributed by atoms with van der Waals surface area (Å²) >= 11 is 6.28. The number of allylic oxidation sites excluding steroid dienone is 1. The second-order valence-electron chi connectivity index (χ2n) is 11.4. The molecule has 0 radical (unpaired) electrons. The normalized spacial score (nSPS) is 22.0. The molecule has 3 aliphatic rings. The third-order valence-corrected chi connectivity index (χ3v) is 10.7. The molecule has 1 aromatic carbocycles. The second-order valence-corrected chi connectivity index (χ2v) is 13.6. The fourth-order valence-electron chi connectivity index (χ4n) is 6.52. The van der Waals surface area contributed by atoms with E-state index in [2.05, 4.69) is 15.2 Å². The maximum absolute atomic E-state index is 14.5. The van der Waals surface area contributed by atoms with Crippen molar-refractivity contribution < 1.29 is 17.6 Å². The van der Waals surface area contributed by atoms with Crippen LogP contribution in [0.15, 0.2) is 71.7 Å². The number of rotatable bonds is 7. The van der Waals surface area contributed by atoms with Crippen LogP contribution in [0.1, 0.15) is 53.8 Å². The van der Waals surface area contributed by atoms with Gasteiger partial charge in [0.15, 0.2) is 10.8 Å². The Morgan fingerprint density at radius 3 is 2.60 bits per heavy atom. The molecule has 216 valence electrons. The van der Waals surface area contributed by atoms with Crippen LogP contribution in [-0.4, -0.2) is 55.1 Å². The number of aryl methyl sites for hydroxylation is 1. The zero-order valence-corrected chi connectivity index (χ0v) is 24.4. The fourth-order valence-corrected chi connectivity index (χ4v) is 8.54. The fraction of sp³-hybridized carbons (Fsp3) is 0.333. The average Bonchev–Trinajstić information content (AvgIpc) is 3.55. The number of benzene rings is 1. The molecule has 0 aliphatic heterocycles. The van der Waals surface area contributed by atoms with E-state index >= 15 is 0 Å². The zero-order valence-electron chi connectivity index (χ0n) is 22.8. The van der Waals surface area contributed by atoms with Gasteiger partial charge in [-0.15, -0.1) is 0 Å². The summed E-state index contributed by atoms with van der Waals surface area (Å²) in [6.07, 6.45) is 10.1. The molecule has 0 spiro atoms. The molecule has 42 heavy (non-hydrogen) atoms.